The number of carboxylic acids is 1. The molecular formula is C19H24N4O4. The summed E-state index contributed by atoms with van der Waals surface area (Å²) >= 11 is 0. The van der Waals surface area contributed by atoms with Crippen LogP contribution in [-0.4, -0.2) is 64.4 Å². The Kier molecular flexibility index (Phi) is 5.46. The van der Waals surface area contributed by atoms with Gasteiger partial charge < -0.3 is 20.3 Å². The predicted octanol–water partition coefficient (Wildman–Crippen LogP) is 1.66. The molecule has 3 N–H and O–H groups in total. The van der Waals surface area contributed by atoms with Crippen LogP contribution >= 0.6 is 0 Å². The third kappa shape index (κ3) is 3.95. The number of anilines is 1. The zero-order valence-electron chi connectivity index (χ0n) is 15.4. The van der Waals surface area contributed by atoms with Gasteiger partial charge in [-0.3, -0.25) is 19.3 Å². The fraction of sp³-hybridized carbons (Fsp3) is 0.421. The number of hydrogen-bond acceptors (Lipinski definition) is 4. The van der Waals surface area contributed by atoms with Crippen molar-refractivity contribution in [2.75, 3.05) is 31.5 Å². The van der Waals surface area contributed by atoms with Crippen LogP contribution in [0, 0.1) is 5.92 Å². The van der Waals surface area contributed by atoms with Crippen LogP contribution in [0.2, 0.25) is 0 Å². The molecule has 1 saturated heterocycles. The van der Waals surface area contributed by atoms with Gasteiger partial charge in [-0.2, -0.15) is 0 Å². The number of fused-ring (bicyclic) bond motifs is 1. The van der Waals surface area contributed by atoms with Crippen LogP contribution in [0.5, 0.6) is 0 Å². The minimum Gasteiger partial charge on any atom is -0.480 e. The molecule has 1 aromatic carbocycles. The smallest absolute Gasteiger partial charge is 0.325 e. The summed E-state index contributed by atoms with van der Waals surface area (Å²) in [5, 5.41) is 13.5. The Balaban J connectivity index is 1.87. The number of carboxylic acid groups (broad SMARTS) is 1. The molecule has 0 aliphatic carbocycles. The molecule has 1 fully saturated rings. The van der Waals surface area contributed by atoms with Crippen molar-refractivity contribution in [1.29, 1.82) is 0 Å². The van der Waals surface area contributed by atoms with Gasteiger partial charge in [0.05, 0.1) is 0 Å². The van der Waals surface area contributed by atoms with Gasteiger partial charge in [0.15, 0.2) is 0 Å². The molecule has 3 rings (SSSR count). The molecule has 1 aromatic heterocycles. The number of aromatic nitrogens is 1. The molecule has 27 heavy (non-hydrogen) atoms. The molecule has 1 aliphatic rings. The Hall–Kier alpha value is -2.87. The Labute approximate surface area is 157 Å². The summed E-state index contributed by atoms with van der Waals surface area (Å²) < 4.78 is 0. The Bertz CT molecular complexity index is 853. The van der Waals surface area contributed by atoms with E-state index < -0.39 is 12.0 Å². The molecule has 2 aromatic rings. The summed E-state index contributed by atoms with van der Waals surface area (Å²) in [6.45, 7) is 5.68. The maximum atomic E-state index is 12.0. The molecule has 8 heteroatoms. The summed E-state index contributed by atoms with van der Waals surface area (Å²) in [4.78, 5) is 41.4. The lowest BCUT2D eigenvalue weighted by molar-refractivity contribution is -0.144. The number of piperazine rings is 1. The van der Waals surface area contributed by atoms with Crippen molar-refractivity contribution in [3.63, 3.8) is 0 Å². The quantitative estimate of drug-likeness (QED) is 0.669. The SMILES string of the molecule is CC(C)C(=O)Nc1ccc2c([C@@H](C(=O)O)N3CCN(C=O)CC3)c[nH]c2c1. The lowest BCUT2D eigenvalue weighted by atomic mass is 10.0. The first-order chi connectivity index (χ1) is 12.9. The number of nitrogens with zero attached hydrogens (tertiary/aromatic N) is 2. The zero-order chi connectivity index (χ0) is 19.6. The van der Waals surface area contributed by atoms with Crippen LogP contribution in [0.25, 0.3) is 10.9 Å². The molecule has 1 aliphatic heterocycles. The minimum absolute atomic E-state index is 0.0717. The molecule has 0 spiro atoms. The Morgan fingerprint density at radius 1 is 1.22 bits per heavy atom. The summed E-state index contributed by atoms with van der Waals surface area (Å²) in [5.41, 5.74) is 2.11. The van der Waals surface area contributed by atoms with E-state index in [4.69, 9.17) is 0 Å². The summed E-state index contributed by atoms with van der Waals surface area (Å²) in [7, 11) is 0. The van der Waals surface area contributed by atoms with Crippen molar-refractivity contribution in [2.24, 2.45) is 5.92 Å². The molecule has 8 nitrogen and oxygen atoms in total. The maximum Gasteiger partial charge on any atom is 0.325 e. The number of carbonyl (C=O) groups excluding carboxylic acids is 2. The van der Waals surface area contributed by atoms with Gasteiger partial charge in [-0.1, -0.05) is 19.9 Å². The molecule has 144 valence electrons. The highest BCUT2D eigenvalue weighted by molar-refractivity contribution is 5.96. The predicted molar refractivity (Wildman–Crippen MR) is 101 cm³/mol. The summed E-state index contributed by atoms with van der Waals surface area (Å²) in [6.07, 6.45) is 2.51. The molecule has 0 radical (unpaired) electrons. The van der Waals surface area contributed by atoms with Crippen LogP contribution in [0.15, 0.2) is 24.4 Å². The zero-order valence-corrected chi connectivity index (χ0v) is 15.4. The van der Waals surface area contributed by atoms with Gasteiger partial charge in [-0.05, 0) is 12.1 Å². The van der Waals surface area contributed by atoms with Crippen molar-refractivity contribution >= 4 is 34.9 Å². The lowest BCUT2D eigenvalue weighted by Gasteiger charge is -2.36. The van der Waals surface area contributed by atoms with E-state index in [9.17, 15) is 19.5 Å². The first kappa shape index (κ1) is 18.9. The van der Waals surface area contributed by atoms with E-state index in [-0.39, 0.29) is 11.8 Å². The average molecular weight is 372 g/mol. The van der Waals surface area contributed by atoms with Crippen molar-refractivity contribution < 1.29 is 19.5 Å². The molecule has 0 saturated carbocycles. The monoisotopic (exact) mass is 372 g/mol. The molecule has 0 bridgehead atoms. The minimum atomic E-state index is -0.923. The third-order valence-electron chi connectivity index (χ3n) is 4.90. The second-order valence-electron chi connectivity index (χ2n) is 7.07. The summed E-state index contributed by atoms with van der Waals surface area (Å²) in [6, 6.07) is 4.63. The molecule has 2 heterocycles. The third-order valence-corrected chi connectivity index (χ3v) is 4.90. The largest absolute Gasteiger partial charge is 0.480 e. The van der Waals surface area contributed by atoms with Crippen LogP contribution in [0.1, 0.15) is 25.5 Å². The van der Waals surface area contributed by atoms with Crippen molar-refractivity contribution in [3.8, 4) is 0 Å². The fourth-order valence-electron chi connectivity index (χ4n) is 3.33. The van der Waals surface area contributed by atoms with Gasteiger partial charge in [0.25, 0.3) is 0 Å². The molecule has 0 unspecified atom stereocenters. The number of hydrogen-bond donors (Lipinski definition) is 3. The number of carbonyl (C=O) groups is 3. The standard InChI is InChI=1S/C19H24N4O4/c1-12(2)18(25)21-13-3-4-14-15(10-20-16(14)9-13)17(19(26)27)23-7-5-22(11-24)6-8-23/h3-4,9-12,17,20H,5-8H2,1-2H3,(H,21,25)(H,26,27)/t17-/m0/s1. The van der Waals surface area contributed by atoms with E-state index in [1.807, 2.05) is 30.9 Å². The van der Waals surface area contributed by atoms with Gasteiger partial charge >= 0.3 is 5.97 Å². The normalized spacial score (nSPS) is 16.5. The van der Waals surface area contributed by atoms with Crippen LogP contribution in [-0.2, 0) is 14.4 Å². The van der Waals surface area contributed by atoms with E-state index in [0.717, 1.165) is 17.3 Å². The topological polar surface area (TPSA) is 106 Å². The number of rotatable bonds is 6. The van der Waals surface area contributed by atoms with Crippen LogP contribution in [0.3, 0.4) is 0 Å². The van der Waals surface area contributed by atoms with Gasteiger partial charge in [-0.25, -0.2) is 0 Å². The number of aromatic amines is 1. The van der Waals surface area contributed by atoms with Gasteiger partial charge in [0.2, 0.25) is 12.3 Å². The van der Waals surface area contributed by atoms with Crippen molar-refractivity contribution in [3.05, 3.63) is 30.0 Å². The highest BCUT2D eigenvalue weighted by Crippen LogP contribution is 2.31. The van der Waals surface area contributed by atoms with E-state index in [1.54, 1.807) is 17.2 Å². The Morgan fingerprint density at radius 2 is 1.93 bits per heavy atom. The number of benzene rings is 1. The van der Waals surface area contributed by atoms with Crippen molar-refractivity contribution in [1.82, 2.24) is 14.8 Å². The van der Waals surface area contributed by atoms with E-state index in [1.165, 1.54) is 0 Å². The second-order valence-corrected chi connectivity index (χ2v) is 7.07. The van der Waals surface area contributed by atoms with Crippen molar-refractivity contribution in [2.45, 2.75) is 19.9 Å². The molecular weight excluding hydrogens is 348 g/mol. The first-order valence-electron chi connectivity index (χ1n) is 8.98. The molecule has 1 atom stereocenters. The number of amides is 2. The highest BCUT2D eigenvalue weighted by Gasteiger charge is 2.31. The number of H-pyrrole nitrogens is 1. The Morgan fingerprint density at radius 3 is 2.52 bits per heavy atom. The fourth-order valence-corrected chi connectivity index (χ4v) is 3.33. The second kappa shape index (κ2) is 7.79. The number of aliphatic carboxylic acids is 1. The lowest BCUT2D eigenvalue weighted by Crippen LogP contribution is -2.48. The average Bonchev–Trinajstić information content (AvgIpc) is 3.05. The highest BCUT2D eigenvalue weighted by atomic mass is 16.4. The maximum absolute atomic E-state index is 12.0. The van der Waals surface area contributed by atoms with E-state index in [2.05, 4.69) is 10.3 Å². The van der Waals surface area contributed by atoms with Crippen LogP contribution in [0.4, 0.5) is 5.69 Å². The van der Waals surface area contributed by atoms with Crippen LogP contribution < -0.4 is 5.32 Å². The van der Waals surface area contributed by atoms with E-state index in [0.29, 0.717) is 37.4 Å². The number of nitrogens with one attached hydrogen (secondary N) is 2. The van der Waals surface area contributed by atoms with Gasteiger partial charge in [0, 0.05) is 60.4 Å². The van der Waals surface area contributed by atoms with E-state index >= 15 is 0 Å². The van der Waals surface area contributed by atoms with Gasteiger partial charge in [0.1, 0.15) is 6.04 Å². The first-order valence-corrected chi connectivity index (χ1v) is 8.98. The van der Waals surface area contributed by atoms with Gasteiger partial charge in [-0.15, -0.1) is 0 Å². The summed E-state index contributed by atoms with van der Waals surface area (Å²) in [5.74, 6) is -1.12. The molecule has 2 amide bonds.